The van der Waals surface area contributed by atoms with Gasteiger partial charge in [-0.25, -0.2) is 0 Å². The van der Waals surface area contributed by atoms with Crippen LogP contribution in [0.15, 0.2) is 315 Å². The predicted octanol–water partition coefficient (Wildman–Crippen LogP) is 27.2. The van der Waals surface area contributed by atoms with E-state index in [0.29, 0.717) is 50.5 Å². The van der Waals surface area contributed by atoms with Gasteiger partial charge in [0.2, 0.25) is 0 Å². The lowest BCUT2D eigenvalue weighted by Gasteiger charge is -2.48. The fourth-order valence-electron chi connectivity index (χ4n) is 17.7. The van der Waals surface area contributed by atoms with Crippen LogP contribution < -0.4 is 26.2 Å². The van der Waals surface area contributed by atoms with Gasteiger partial charge in [0.15, 0.2) is 0 Å². The molecule has 0 aliphatic carbocycles. The molecule has 0 fully saturated rings. The highest BCUT2D eigenvalue weighted by Crippen LogP contribution is 2.57. The molecule has 4 nitrogen and oxygen atoms in total. The van der Waals surface area contributed by atoms with E-state index in [9.17, 15) is 0 Å². The Kier molecular flexibility index (Phi) is 16.6. The lowest BCUT2D eigenvalue weighted by molar-refractivity contribution is -0.138. The zero-order valence-corrected chi connectivity index (χ0v) is 62.8. The van der Waals surface area contributed by atoms with Crippen LogP contribution in [0.2, 0.25) is 0 Å². The number of rotatable bonds is 10. The van der Waals surface area contributed by atoms with E-state index in [0.717, 1.165) is 135 Å². The first-order valence-corrected chi connectivity index (χ1v) is 37.9. The Morgan fingerprint density at radius 2 is 0.535 bits per heavy atom. The number of hydrogen-bond donors (Lipinski definition) is 0. The minimum Gasteiger partial charge on any atom is -0.310 e. The van der Waals surface area contributed by atoms with Crippen molar-refractivity contribution < 1.29 is 39.5 Å². The molecule has 0 spiro atoms. The second-order valence-electron chi connectivity index (χ2n) is 31.1. The van der Waals surface area contributed by atoms with E-state index < -0.39 is 47.3 Å². The number of hydrogen-bond acceptors (Lipinski definition) is 2. The molecule has 556 valence electrons. The summed E-state index contributed by atoms with van der Waals surface area (Å²) in [6.45, 7) is 12.0. The van der Waals surface area contributed by atoms with Gasteiger partial charge in [-0.05, 0) is 220 Å². The zero-order valence-electron chi connectivity index (χ0n) is 62.8. The summed E-state index contributed by atoms with van der Waals surface area (Å²) in [5, 5.41) is 2.00. The summed E-state index contributed by atoms with van der Waals surface area (Å²) in [6, 6.07) is 98.6. The summed E-state index contributed by atoms with van der Waals surface area (Å²) in [5.74, 6) is 0. The molecule has 0 saturated heterocycles. The van der Waals surface area contributed by atoms with E-state index in [1.165, 1.54) is 24.3 Å². The molecule has 0 N–H and O–H groups in total. The standard InChI is InChI=1S/C100H70BF9N4/c1-59-37-41-84-80(45-59)81-46-60(2)38-42-85(81)111(84)72-55-74(62-25-13-7-14-26-62)92-90(57-72)113(95-76(64-29-17-9-18-30-64)47-61(3)48-77(95)65-31-19-10-20-32-65)88-53-70(97(4,5)6)54-89-94(88)101(92)93-75(63-27-15-8-16-28-63)56-73(112-86-43-39-68(98(102,103)104)49-82(86)83-50-69(99(105,106)107)40-44-87(83)112)58-91(93)114(89)96-78(66-33-21-11-22-34-66)51-71(100(108,109)110)52-79(96)67-35-23-12-24-36-67/h7-58H,1-6H3. The molecule has 0 bridgehead atoms. The maximum absolute atomic E-state index is 16.5. The van der Waals surface area contributed by atoms with Crippen LogP contribution in [0.4, 0.5) is 73.6 Å². The SMILES string of the molecule is Cc1cc(-c2ccccc2)c(N2c3cc(-n4c5ccc(C)cc5c5cc(C)ccc54)cc(-c4ccccc4)c3B3c4c(-c5ccccc5)cc(-n5c6ccc(C(F)(F)F)cc6c6cc(C(F)(F)F)ccc65)cc4N(c4c(-c5ccccc5)cc(C(F)(F)F)cc4-c4ccccc4)c4cc(C(C)(C)C)cc2c43)c(-c2ccccc2)c1. The minimum atomic E-state index is -4.89. The molecule has 2 aromatic heterocycles. The number of nitrogens with zero attached hydrogens (tertiary/aromatic N) is 4. The molecule has 4 heterocycles. The van der Waals surface area contributed by atoms with Crippen molar-refractivity contribution in [2.75, 3.05) is 9.80 Å². The highest BCUT2D eigenvalue weighted by molar-refractivity contribution is 7.02. The molecular weight excluding hydrogens is 1440 g/mol. The lowest BCUT2D eigenvalue weighted by atomic mass is 9.31. The normalized spacial score (nSPS) is 13.0. The van der Waals surface area contributed by atoms with Crippen LogP contribution in [0.25, 0.3) is 122 Å². The molecule has 2 aliphatic rings. The largest absolute Gasteiger partial charge is 0.416 e. The van der Waals surface area contributed by atoms with Crippen LogP contribution in [0, 0.1) is 20.8 Å². The maximum atomic E-state index is 16.5. The van der Waals surface area contributed by atoms with Crippen molar-refractivity contribution >= 4 is 101 Å². The highest BCUT2D eigenvalue weighted by atomic mass is 19.4. The van der Waals surface area contributed by atoms with E-state index >= 15 is 39.5 Å². The van der Waals surface area contributed by atoms with Gasteiger partial charge in [0.1, 0.15) is 0 Å². The number of anilines is 6. The van der Waals surface area contributed by atoms with Crippen LogP contribution in [0.1, 0.15) is 59.7 Å². The Labute approximate surface area is 653 Å². The summed E-state index contributed by atoms with van der Waals surface area (Å²) in [6.07, 6.45) is -14.6. The predicted molar refractivity (Wildman–Crippen MR) is 450 cm³/mol. The van der Waals surface area contributed by atoms with Gasteiger partial charge in [-0.3, -0.25) is 0 Å². The van der Waals surface area contributed by atoms with E-state index in [-0.39, 0.29) is 32.9 Å². The monoisotopic (exact) mass is 1510 g/mol. The highest BCUT2D eigenvalue weighted by Gasteiger charge is 2.50. The molecule has 0 amide bonds. The molecule has 19 rings (SSSR count). The quantitative estimate of drug-likeness (QED) is 0.100. The van der Waals surface area contributed by atoms with Crippen molar-refractivity contribution in [2.45, 2.75) is 65.5 Å². The number of halogens is 9. The molecule has 0 radical (unpaired) electrons. The van der Waals surface area contributed by atoms with Gasteiger partial charge >= 0.3 is 18.5 Å². The van der Waals surface area contributed by atoms with Gasteiger partial charge in [0.05, 0.1) is 50.1 Å². The second kappa shape index (κ2) is 26.6. The molecule has 0 saturated carbocycles. The summed E-state index contributed by atoms with van der Waals surface area (Å²) < 4.78 is 145. The third-order valence-corrected chi connectivity index (χ3v) is 22.8. The van der Waals surface area contributed by atoms with Gasteiger partial charge in [-0.2, -0.15) is 39.5 Å². The number of benzene rings is 15. The van der Waals surface area contributed by atoms with Gasteiger partial charge in [0, 0.05) is 77.9 Å². The van der Waals surface area contributed by atoms with Crippen molar-refractivity contribution in [3.63, 3.8) is 0 Å². The van der Waals surface area contributed by atoms with Crippen molar-refractivity contribution in [2.24, 2.45) is 0 Å². The van der Waals surface area contributed by atoms with E-state index in [2.05, 4.69) is 189 Å². The molecule has 0 unspecified atom stereocenters. The minimum absolute atomic E-state index is 0.0778. The Morgan fingerprint density at radius 3 is 0.851 bits per heavy atom. The Hall–Kier alpha value is -13.1. The van der Waals surface area contributed by atoms with Crippen LogP contribution in [-0.2, 0) is 23.9 Å². The third kappa shape index (κ3) is 11.9. The fraction of sp³-hybridized carbons (Fsp3) is 0.100. The first-order valence-electron chi connectivity index (χ1n) is 37.9. The van der Waals surface area contributed by atoms with Crippen LogP contribution in [0.5, 0.6) is 0 Å². The molecule has 14 heteroatoms. The first kappa shape index (κ1) is 71.3. The van der Waals surface area contributed by atoms with E-state index in [1.54, 1.807) is 28.8 Å². The topological polar surface area (TPSA) is 16.3 Å². The van der Waals surface area contributed by atoms with Gasteiger partial charge in [-0.15, -0.1) is 0 Å². The average molecular weight is 1510 g/mol. The van der Waals surface area contributed by atoms with E-state index in [1.807, 2.05) is 109 Å². The summed E-state index contributed by atoms with van der Waals surface area (Å²) in [7, 11) is 0. The van der Waals surface area contributed by atoms with Gasteiger partial charge < -0.3 is 18.9 Å². The third-order valence-electron chi connectivity index (χ3n) is 22.8. The number of alkyl halides is 9. The van der Waals surface area contributed by atoms with Crippen LogP contribution in [0.3, 0.4) is 0 Å². The lowest BCUT2D eigenvalue weighted by Crippen LogP contribution is -2.62. The van der Waals surface area contributed by atoms with Crippen molar-refractivity contribution in [3.8, 4) is 78.1 Å². The van der Waals surface area contributed by atoms with Gasteiger partial charge in [-0.1, -0.05) is 226 Å². The molecule has 0 atom stereocenters. The van der Waals surface area contributed by atoms with Crippen molar-refractivity contribution in [1.82, 2.24) is 9.13 Å². The maximum Gasteiger partial charge on any atom is 0.416 e. The Morgan fingerprint density at radius 1 is 0.246 bits per heavy atom. The number of aryl methyl sites for hydroxylation is 3. The van der Waals surface area contributed by atoms with Gasteiger partial charge in [0.25, 0.3) is 6.71 Å². The average Bonchev–Trinajstić information content (AvgIpc) is 0.844. The molecule has 2 aliphatic heterocycles. The van der Waals surface area contributed by atoms with Crippen molar-refractivity contribution in [3.05, 3.63) is 354 Å². The van der Waals surface area contributed by atoms with Crippen molar-refractivity contribution in [1.29, 1.82) is 0 Å². The molecule has 114 heavy (non-hydrogen) atoms. The first-order chi connectivity index (χ1) is 54.8. The summed E-state index contributed by atoms with van der Waals surface area (Å²) in [4.78, 5) is 4.60. The van der Waals surface area contributed by atoms with Crippen LogP contribution >= 0.6 is 0 Å². The smallest absolute Gasteiger partial charge is 0.310 e. The van der Waals surface area contributed by atoms with Crippen LogP contribution in [-0.4, -0.2) is 15.8 Å². The number of fused-ring (bicyclic) bond motifs is 10. The summed E-state index contributed by atoms with van der Waals surface area (Å²) in [5.41, 5.74) is 18.3. The Balaban J connectivity index is 1.07. The fourth-order valence-corrected chi connectivity index (χ4v) is 17.7. The molecule has 17 aromatic rings. The molecule has 15 aromatic carbocycles. The number of aromatic nitrogens is 2. The second-order valence-corrected chi connectivity index (χ2v) is 31.1. The zero-order chi connectivity index (χ0) is 78.6. The summed E-state index contributed by atoms with van der Waals surface area (Å²) >= 11 is 0. The van der Waals surface area contributed by atoms with E-state index in [4.69, 9.17) is 0 Å². The Bertz CT molecular complexity index is 6490. The molecular formula is C100H70BF9N4.